The molecule has 5 nitrogen and oxygen atoms in total. The third-order valence-electron chi connectivity index (χ3n) is 2.49. The fraction of sp³-hybridized carbons (Fsp3) is 0.273. The summed E-state index contributed by atoms with van der Waals surface area (Å²) in [7, 11) is 2.88. The van der Waals surface area contributed by atoms with Gasteiger partial charge in [-0.3, -0.25) is 4.79 Å². The van der Waals surface area contributed by atoms with E-state index in [0.717, 1.165) is 0 Å². The van der Waals surface area contributed by atoms with Gasteiger partial charge in [0.15, 0.2) is 17.8 Å². The standard InChI is InChI=1S/C11H10O5/c1-14-8-3-6(4-12)7-5-16-11(13)9(7)10(8)15-2/h3-4H,5H2,1-2H3. The minimum atomic E-state index is -0.492. The summed E-state index contributed by atoms with van der Waals surface area (Å²) in [4.78, 5) is 22.4. The molecule has 5 heteroatoms. The van der Waals surface area contributed by atoms with Gasteiger partial charge in [0.2, 0.25) is 0 Å². The highest BCUT2D eigenvalue weighted by Gasteiger charge is 2.31. The number of rotatable bonds is 3. The number of esters is 1. The second kappa shape index (κ2) is 3.84. The second-order valence-electron chi connectivity index (χ2n) is 3.25. The van der Waals surface area contributed by atoms with E-state index in [1.165, 1.54) is 20.3 Å². The molecule has 84 valence electrons. The fourth-order valence-electron chi connectivity index (χ4n) is 1.74. The van der Waals surface area contributed by atoms with Crippen molar-refractivity contribution in [2.24, 2.45) is 0 Å². The first kappa shape index (κ1) is 10.5. The fourth-order valence-corrected chi connectivity index (χ4v) is 1.74. The van der Waals surface area contributed by atoms with Gasteiger partial charge in [-0.15, -0.1) is 0 Å². The molecule has 0 amide bonds. The maximum absolute atomic E-state index is 11.5. The smallest absolute Gasteiger partial charge is 0.342 e. The van der Waals surface area contributed by atoms with Gasteiger partial charge in [0.1, 0.15) is 12.2 Å². The number of carbonyl (C=O) groups excluding carboxylic acids is 2. The van der Waals surface area contributed by atoms with Crippen LogP contribution in [-0.4, -0.2) is 26.5 Å². The molecule has 0 atom stereocenters. The molecule has 16 heavy (non-hydrogen) atoms. The summed E-state index contributed by atoms with van der Waals surface area (Å²) in [5.74, 6) is 0.168. The number of carbonyl (C=O) groups is 2. The molecule has 0 aromatic heterocycles. The van der Waals surface area contributed by atoms with Crippen molar-refractivity contribution in [2.45, 2.75) is 6.61 Å². The van der Waals surface area contributed by atoms with Crippen LogP contribution in [0.5, 0.6) is 11.5 Å². The highest BCUT2D eigenvalue weighted by atomic mass is 16.5. The largest absolute Gasteiger partial charge is 0.493 e. The molecule has 0 saturated heterocycles. The molecule has 0 fully saturated rings. The molecule has 0 unspecified atom stereocenters. The van der Waals surface area contributed by atoms with Crippen molar-refractivity contribution in [3.05, 3.63) is 22.8 Å². The van der Waals surface area contributed by atoms with E-state index in [1.54, 1.807) is 0 Å². The number of hydrogen-bond acceptors (Lipinski definition) is 5. The van der Waals surface area contributed by atoms with Crippen molar-refractivity contribution in [1.82, 2.24) is 0 Å². The molecular formula is C11H10O5. The van der Waals surface area contributed by atoms with E-state index in [9.17, 15) is 9.59 Å². The van der Waals surface area contributed by atoms with Crippen molar-refractivity contribution in [3.8, 4) is 11.5 Å². The second-order valence-corrected chi connectivity index (χ2v) is 3.25. The molecule has 0 saturated carbocycles. The van der Waals surface area contributed by atoms with Crippen LogP contribution in [0.1, 0.15) is 26.3 Å². The average Bonchev–Trinajstić information content (AvgIpc) is 2.70. The quantitative estimate of drug-likeness (QED) is 0.567. The number of cyclic esters (lactones) is 1. The van der Waals surface area contributed by atoms with Gasteiger partial charge in [0.25, 0.3) is 0 Å². The van der Waals surface area contributed by atoms with Crippen molar-refractivity contribution >= 4 is 12.3 Å². The van der Waals surface area contributed by atoms with E-state index in [1.807, 2.05) is 0 Å². The normalized spacial score (nSPS) is 13.0. The molecule has 1 aliphatic heterocycles. The van der Waals surface area contributed by atoms with E-state index >= 15 is 0 Å². The first-order valence-electron chi connectivity index (χ1n) is 4.63. The third kappa shape index (κ3) is 1.32. The van der Waals surface area contributed by atoms with Crippen LogP contribution in [0.2, 0.25) is 0 Å². The van der Waals surface area contributed by atoms with E-state index in [4.69, 9.17) is 14.2 Å². The van der Waals surface area contributed by atoms with E-state index in [2.05, 4.69) is 0 Å². The zero-order chi connectivity index (χ0) is 11.7. The Kier molecular flexibility index (Phi) is 2.52. The predicted octanol–water partition coefficient (Wildman–Crippen LogP) is 1.19. The van der Waals surface area contributed by atoms with Crippen molar-refractivity contribution in [2.75, 3.05) is 14.2 Å². The van der Waals surface area contributed by atoms with Gasteiger partial charge >= 0.3 is 5.97 Å². The summed E-state index contributed by atoms with van der Waals surface area (Å²) in [5.41, 5.74) is 1.22. The van der Waals surface area contributed by atoms with Gasteiger partial charge in [0.05, 0.1) is 14.2 Å². The molecular weight excluding hydrogens is 212 g/mol. The Balaban J connectivity index is 2.75. The van der Waals surface area contributed by atoms with Crippen LogP contribution in [0.4, 0.5) is 0 Å². The van der Waals surface area contributed by atoms with Gasteiger partial charge in [-0.05, 0) is 6.07 Å². The van der Waals surface area contributed by atoms with Crippen molar-refractivity contribution in [1.29, 1.82) is 0 Å². The molecule has 0 aliphatic carbocycles. The number of benzene rings is 1. The Hall–Kier alpha value is -2.04. The average molecular weight is 222 g/mol. The Morgan fingerprint density at radius 2 is 2.12 bits per heavy atom. The topological polar surface area (TPSA) is 61.8 Å². The molecule has 1 aliphatic rings. The molecule has 1 heterocycles. The van der Waals surface area contributed by atoms with Gasteiger partial charge in [-0.25, -0.2) is 4.79 Å². The Morgan fingerprint density at radius 3 is 2.69 bits per heavy atom. The maximum Gasteiger partial charge on any atom is 0.342 e. The van der Waals surface area contributed by atoms with Crippen LogP contribution in [0, 0.1) is 0 Å². The monoisotopic (exact) mass is 222 g/mol. The minimum Gasteiger partial charge on any atom is -0.493 e. The lowest BCUT2D eigenvalue weighted by Crippen LogP contribution is -2.03. The van der Waals surface area contributed by atoms with Crippen LogP contribution < -0.4 is 9.47 Å². The van der Waals surface area contributed by atoms with Gasteiger partial charge < -0.3 is 14.2 Å². The maximum atomic E-state index is 11.5. The Morgan fingerprint density at radius 1 is 1.38 bits per heavy atom. The summed E-state index contributed by atoms with van der Waals surface area (Å²) in [6, 6.07) is 1.53. The Labute approximate surface area is 91.9 Å². The van der Waals surface area contributed by atoms with E-state index < -0.39 is 5.97 Å². The third-order valence-corrected chi connectivity index (χ3v) is 2.49. The lowest BCUT2D eigenvalue weighted by Gasteiger charge is -2.11. The minimum absolute atomic E-state index is 0.0998. The molecule has 0 bridgehead atoms. The highest BCUT2D eigenvalue weighted by Crippen LogP contribution is 2.39. The molecule has 0 radical (unpaired) electrons. The van der Waals surface area contributed by atoms with E-state index in [0.29, 0.717) is 28.9 Å². The van der Waals surface area contributed by atoms with Crippen LogP contribution in [-0.2, 0) is 11.3 Å². The van der Waals surface area contributed by atoms with Crippen molar-refractivity contribution < 1.29 is 23.8 Å². The summed E-state index contributed by atoms with van der Waals surface area (Å²) < 4.78 is 15.0. The summed E-state index contributed by atoms with van der Waals surface area (Å²) in [6.07, 6.45) is 0.669. The number of ether oxygens (including phenoxy) is 3. The first-order valence-corrected chi connectivity index (χ1v) is 4.63. The number of aldehydes is 1. The van der Waals surface area contributed by atoms with Crippen LogP contribution in [0.15, 0.2) is 6.07 Å². The number of methoxy groups -OCH3 is 2. The van der Waals surface area contributed by atoms with Crippen molar-refractivity contribution in [3.63, 3.8) is 0 Å². The molecule has 1 aromatic rings. The predicted molar refractivity (Wildman–Crippen MR) is 54.1 cm³/mol. The van der Waals surface area contributed by atoms with Gasteiger partial charge in [-0.1, -0.05) is 0 Å². The first-order chi connectivity index (χ1) is 7.72. The molecule has 2 rings (SSSR count). The zero-order valence-electron chi connectivity index (χ0n) is 8.90. The highest BCUT2D eigenvalue weighted by molar-refractivity contribution is 6.00. The molecule has 1 aromatic carbocycles. The van der Waals surface area contributed by atoms with Crippen LogP contribution in [0.3, 0.4) is 0 Å². The van der Waals surface area contributed by atoms with Gasteiger partial charge in [0, 0.05) is 11.1 Å². The summed E-state index contributed by atoms with van der Waals surface area (Å²) >= 11 is 0. The van der Waals surface area contributed by atoms with Crippen LogP contribution >= 0.6 is 0 Å². The summed E-state index contributed by atoms with van der Waals surface area (Å²) in [6.45, 7) is 0.0998. The van der Waals surface area contributed by atoms with E-state index in [-0.39, 0.29) is 12.2 Å². The molecule has 0 N–H and O–H groups in total. The summed E-state index contributed by atoms with van der Waals surface area (Å²) in [5, 5.41) is 0. The number of fused-ring (bicyclic) bond motifs is 1. The van der Waals surface area contributed by atoms with Gasteiger partial charge in [-0.2, -0.15) is 0 Å². The lowest BCUT2D eigenvalue weighted by molar-refractivity contribution is 0.0532. The zero-order valence-corrected chi connectivity index (χ0v) is 8.90. The molecule has 0 spiro atoms. The number of hydrogen-bond donors (Lipinski definition) is 0. The van der Waals surface area contributed by atoms with Crippen LogP contribution in [0.25, 0.3) is 0 Å². The SMILES string of the molecule is COc1cc(C=O)c2c(c1OC)C(=O)OC2. The lowest BCUT2D eigenvalue weighted by atomic mass is 10.0. The Bertz CT molecular complexity index is 464.